The van der Waals surface area contributed by atoms with Crippen molar-refractivity contribution in [2.24, 2.45) is 11.7 Å². The van der Waals surface area contributed by atoms with Crippen LogP contribution in [-0.2, 0) is 9.47 Å². The van der Waals surface area contributed by atoms with Crippen molar-refractivity contribution >= 4 is 0 Å². The monoisotopic (exact) mass is 230 g/mol. The SMILES string of the molecule is COCCN(CCOC)C(CN)C1CCC1. The van der Waals surface area contributed by atoms with Crippen molar-refractivity contribution in [1.29, 1.82) is 0 Å². The number of nitrogens with two attached hydrogens (primary N) is 1. The number of hydrogen-bond acceptors (Lipinski definition) is 4. The zero-order valence-corrected chi connectivity index (χ0v) is 10.7. The van der Waals surface area contributed by atoms with Crippen LogP contribution in [0.5, 0.6) is 0 Å². The highest BCUT2D eigenvalue weighted by Gasteiger charge is 2.30. The summed E-state index contributed by atoms with van der Waals surface area (Å²) in [5.74, 6) is 0.790. The van der Waals surface area contributed by atoms with Crippen molar-refractivity contribution in [2.75, 3.05) is 47.1 Å². The van der Waals surface area contributed by atoms with Crippen LogP contribution in [0.2, 0.25) is 0 Å². The predicted octanol–water partition coefficient (Wildman–Crippen LogP) is 0.709. The molecule has 1 aliphatic rings. The van der Waals surface area contributed by atoms with E-state index in [0.29, 0.717) is 6.04 Å². The number of hydrogen-bond donors (Lipinski definition) is 1. The Bertz CT molecular complexity index is 166. The van der Waals surface area contributed by atoms with E-state index in [1.807, 2.05) is 0 Å². The first-order valence-electron chi connectivity index (χ1n) is 6.25. The highest BCUT2D eigenvalue weighted by Crippen LogP contribution is 2.31. The molecular formula is C12H26N2O2. The van der Waals surface area contributed by atoms with E-state index < -0.39 is 0 Å². The van der Waals surface area contributed by atoms with Crippen molar-refractivity contribution in [2.45, 2.75) is 25.3 Å². The number of nitrogens with zero attached hydrogens (tertiary/aromatic N) is 1. The second-order valence-electron chi connectivity index (χ2n) is 4.52. The zero-order valence-electron chi connectivity index (χ0n) is 10.7. The average Bonchev–Trinajstić information content (AvgIpc) is 2.24. The first-order chi connectivity index (χ1) is 7.83. The Hall–Kier alpha value is -0.160. The quantitative estimate of drug-likeness (QED) is 0.634. The molecule has 1 unspecified atom stereocenters. The molecule has 0 aromatic heterocycles. The summed E-state index contributed by atoms with van der Waals surface area (Å²) < 4.78 is 10.3. The smallest absolute Gasteiger partial charge is 0.0589 e. The molecular weight excluding hydrogens is 204 g/mol. The van der Waals surface area contributed by atoms with Crippen LogP contribution in [0.3, 0.4) is 0 Å². The molecule has 0 spiro atoms. The minimum Gasteiger partial charge on any atom is -0.383 e. The zero-order chi connectivity index (χ0) is 11.8. The molecule has 0 aromatic rings. The van der Waals surface area contributed by atoms with Crippen LogP contribution in [0.1, 0.15) is 19.3 Å². The maximum Gasteiger partial charge on any atom is 0.0589 e. The highest BCUT2D eigenvalue weighted by atomic mass is 16.5. The molecule has 4 heteroatoms. The normalized spacial score (nSPS) is 18.8. The van der Waals surface area contributed by atoms with E-state index in [1.54, 1.807) is 14.2 Å². The highest BCUT2D eigenvalue weighted by molar-refractivity contribution is 4.85. The molecule has 0 aliphatic heterocycles. The third kappa shape index (κ3) is 4.01. The molecule has 1 aliphatic carbocycles. The number of methoxy groups -OCH3 is 2. The molecule has 0 amide bonds. The van der Waals surface area contributed by atoms with Crippen LogP contribution in [0.4, 0.5) is 0 Å². The molecule has 96 valence electrons. The van der Waals surface area contributed by atoms with Gasteiger partial charge >= 0.3 is 0 Å². The summed E-state index contributed by atoms with van der Waals surface area (Å²) in [6, 6.07) is 0.513. The Morgan fingerprint density at radius 2 is 1.75 bits per heavy atom. The van der Waals surface area contributed by atoms with E-state index in [1.165, 1.54) is 19.3 Å². The lowest BCUT2D eigenvalue weighted by atomic mass is 9.79. The second kappa shape index (κ2) is 8.01. The van der Waals surface area contributed by atoms with Crippen molar-refractivity contribution in [3.63, 3.8) is 0 Å². The summed E-state index contributed by atoms with van der Waals surface area (Å²) in [6.45, 7) is 4.20. The van der Waals surface area contributed by atoms with E-state index in [4.69, 9.17) is 15.2 Å². The van der Waals surface area contributed by atoms with Gasteiger partial charge in [-0.05, 0) is 18.8 Å². The van der Waals surface area contributed by atoms with Gasteiger partial charge in [-0.3, -0.25) is 4.90 Å². The van der Waals surface area contributed by atoms with Crippen LogP contribution in [0.25, 0.3) is 0 Å². The molecule has 0 aromatic carbocycles. The van der Waals surface area contributed by atoms with Crippen LogP contribution in [-0.4, -0.2) is 58.0 Å². The standard InChI is InChI=1S/C12H26N2O2/c1-15-8-6-14(7-9-16-2)12(10-13)11-4-3-5-11/h11-12H,3-10,13H2,1-2H3. The third-order valence-corrected chi connectivity index (χ3v) is 3.57. The molecule has 0 radical (unpaired) electrons. The topological polar surface area (TPSA) is 47.7 Å². The van der Waals surface area contributed by atoms with Crippen molar-refractivity contribution in [1.82, 2.24) is 4.90 Å². The lowest BCUT2D eigenvalue weighted by Gasteiger charge is -2.40. The van der Waals surface area contributed by atoms with Crippen LogP contribution in [0, 0.1) is 5.92 Å². The van der Waals surface area contributed by atoms with Gasteiger partial charge in [0.15, 0.2) is 0 Å². The summed E-state index contributed by atoms with van der Waals surface area (Å²) in [5.41, 5.74) is 5.90. The minimum absolute atomic E-state index is 0.513. The van der Waals surface area contributed by atoms with Gasteiger partial charge in [-0.1, -0.05) is 6.42 Å². The Kier molecular flexibility index (Phi) is 6.96. The molecule has 0 heterocycles. The summed E-state index contributed by atoms with van der Waals surface area (Å²) in [7, 11) is 3.49. The van der Waals surface area contributed by atoms with Gasteiger partial charge < -0.3 is 15.2 Å². The summed E-state index contributed by atoms with van der Waals surface area (Å²) in [6.07, 6.45) is 4.03. The molecule has 1 fully saturated rings. The second-order valence-corrected chi connectivity index (χ2v) is 4.52. The molecule has 0 saturated heterocycles. The van der Waals surface area contributed by atoms with Crippen molar-refractivity contribution in [3.05, 3.63) is 0 Å². The van der Waals surface area contributed by atoms with Gasteiger partial charge in [0.05, 0.1) is 13.2 Å². The van der Waals surface area contributed by atoms with E-state index in [-0.39, 0.29) is 0 Å². The fourth-order valence-corrected chi connectivity index (χ4v) is 2.32. The van der Waals surface area contributed by atoms with Gasteiger partial charge in [0.1, 0.15) is 0 Å². The van der Waals surface area contributed by atoms with Crippen LogP contribution in [0.15, 0.2) is 0 Å². The van der Waals surface area contributed by atoms with Crippen molar-refractivity contribution < 1.29 is 9.47 Å². The van der Waals surface area contributed by atoms with Gasteiger partial charge in [0, 0.05) is 39.9 Å². The maximum atomic E-state index is 5.90. The Morgan fingerprint density at radius 1 is 1.19 bits per heavy atom. The summed E-state index contributed by atoms with van der Waals surface area (Å²) in [4.78, 5) is 2.43. The van der Waals surface area contributed by atoms with Crippen molar-refractivity contribution in [3.8, 4) is 0 Å². The van der Waals surface area contributed by atoms with Gasteiger partial charge in [-0.25, -0.2) is 0 Å². The lowest BCUT2D eigenvalue weighted by Crippen LogP contribution is -2.50. The van der Waals surface area contributed by atoms with Gasteiger partial charge in [-0.15, -0.1) is 0 Å². The number of ether oxygens (including phenoxy) is 2. The van der Waals surface area contributed by atoms with Gasteiger partial charge in [0.25, 0.3) is 0 Å². The lowest BCUT2D eigenvalue weighted by molar-refractivity contribution is 0.0494. The largest absolute Gasteiger partial charge is 0.383 e. The summed E-state index contributed by atoms with van der Waals surface area (Å²) >= 11 is 0. The predicted molar refractivity (Wildman–Crippen MR) is 65.5 cm³/mol. The Labute approximate surface area is 99.1 Å². The molecule has 1 rings (SSSR count). The van der Waals surface area contributed by atoms with E-state index in [0.717, 1.165) is 38.8 Å². The van der Waals surface area contributed by atoms with Gasteiger partial charge in [0.2, 0.25) is 0 Å². The first kappa shape index (κ1) is 13.9. The fraction of sp³-hybridized carbons (Fsp3) is 1.00. The molecule has 16 heavy (non-hydrogen) atoms. The molecule has 1 saturated carbocycles. The molecule has 1 atom stereocenters. The van der Waals surface area contributed by atoms with E-state index >= 15 is 0 Å². The van der Waals surface area contributed by atoms with E-state index in [2.05, 4.69) is 4.90 Å². The minimum atomic E-state index is 0.513. The average molecular weight is 230 g/mol. The van der Waals surface area contributed by atoms with Gasteiger partial charge in [-0.2, -0.15) is 0 Å². The molecule has 0 bridgehead atoms. The van der Waals surface area contributed by atoms with Crippen LogP contribution < -0.4 is 5.73 Å². The maximum absolute atomic E-state index is 5.90. The Balaban J connectivity index is 2.41. The van der Waals surface area contributed by atoms with Crippen LogP contribution >= 0.6 is 0 Å². The summed E-state index contributed by atoms with van der Waals surface area (Å²) in [5, 5.41) is 0. The Morgan fingerprint density at radius 3 is 2.06 bits per heavy atom. The fourth-order valence-electron chi connectivity index (χ4n) is 2.32. The number of rotatable bonds is 9. The molecule has 2 N–H and O–H groups in total. The first-order valence-corrected chi connectivity index (χ1v) is 6.25. The third-order valence-electron chi connectivity index (χ3n) is 3.57. The molecule has 4 nitrogen and oxygen atoms in total. The van der Waals surface area contributed by atoms with E-state index in [9.17, 15) is 0 Å².